The summed E-state index contributed by atoms with van der Waals surface area (Å²) < 4.78 is 4.77. The summed E-state index contributed by atoms with van der Waals surface area (Å²) in [6.07, 6.45) is 0.267. The predicted molar refractivity (Wildman–Crippen MR) is 59.9 cm³/mol. The minimum Gasteiger partial charge on any atom is -0.466 e. The van der Waals surface area contributed by atoms with Gasteiger partial charge >= 0.3 is 5.97 Å². The van der Waals surface area contributed by atoms with Gasteiger partial charge in [-0.15, -0.1) is 11.3 Å². The molecule has 0 aliphatic heterocycles. The van der Waals surface area contributed by atoms with Gasteiger partial charge in [-0.2, -0.15) is 0 Å². The molecule has 4 heteroatoms. The first kappa shape index (κ1) is 12.2. The van der Waals surface area contributed by atoms with E-state index in [0.717, 1.165) is 11.3 Å². The molecule has 84 valence electrons. The van der Waals surface area contributed by atoms with E-state index in [1.807, 2.05) is 12.1 Å². The minimum atomic E-state index is -0.727. The molecule has 0 bridgehead atoms. The highest BCUT2D eigenvalue weighted by Crippen LogP contribution is 2.25. The highest BCUT2D eigenvalue weighted by Gasteiger charge is 2.15. The number of rotatable bonds is 5. The SMILES string of the molecule is CCOC(=O)CC(O)c1ccc(CC)s1. The average molecular weight is 228 g/mol. The normalized spacial score (nSPS) is 12.5. The van der Waals surface area contributed by atoms with Gasteiger partial charge in [0.25, 0.3) is 0 Å². The van der Waals surface area contributed by atoms with Crippen LogP contribution in [0, 0.1) is 0 Å². The van der Waals surface area contributed by atoms with Crippen molar-refractivity contribution in [2.45, 2.75) is 32.8 Å². The van der Waals surface area contributed by atoms with E-state index in [1.165, 1.54) is 4.88 Å². The molecule has 1 aromatic rings. The number of aliphatic hydroxyl groups excluding tert-OH is 1. The Morgan fingerprint density at radius 3 is 2.80 bits per heavy atom. The van der Waals surface area contributed by atoms with Crippen molar-refractivity contribution in [1.82, 2.24) is 0 Å². The van der Waals surface area contributed by atoms with E-state index in [4.69, 9.17) is 4.74 Å². The van der Waals surface area contributed by atoms with Gasteiger partial charge in [-0.1, -0.05) is 6.92 Å². The van der Waals surface area contributed by atoms with Gasteiger partial charge in [-0.25, -0.2) is 0 Å². The van der Waals surface area contributed by atoms with Gasteiger partial charge in [0.15, 0.2) is 0 Å². The Balaban J connectivity index is 2.52. The third-order valence-electron chi connectivity index (χ3n) is 2.02. The third-order valence-corrected chi connectivity index (χ3v) is 3.36. The molecule has 0 fully saturated rings. The fourth-order valence-corrected chi connectivity index (χ4v) is 2.18. The van der Waals surface area contributed by atoms with Crippen molar-refractivity contribution in [3.63, 3.8) is 0 Å². The number of carbonyl (C=O) groups is 1. The van der Waals surface area contributed by atoms with Gasteiger partial charge in [-0.3, -0.25) is 4.79 Å². The van der Waals surface area contributed by atoms with Crippen LogP contribution in [0.25, 0.3) is 0 Å². The molecule has 0 radical (unpaired) electrons. The van der Waals surface area contributed by atoms with Crippen LogP contribution in [0.1, 0.15) is 36.1 Å². The fraction of sp³-hybridized carbons (Fsp3) is 0.545. The number of carbonyl (C=O) groups excluding carboxylic acids is 1. The number of thiophene rings is 1. The van der Waals surface area contributed by atoms with Gasteiger partial charge in [0.05, 0.1) is 19.1 Å². The second kappa shape index (κ2) is 5.88. The summed E-state index contributed by atoms with van der Waals surface area (Å²) in [5.74, 6) is -0.351. The van der Waals surface area contributed by atoms with E-state index >= 15 is 0 Å². The maximum absolute atomic E-state index is 11.1. The predicted octanol–water partition coefficient (Wildman–Crippen LogP) is 2.30. The first-order chi connectivity index (χ1) is 7.17. The number of hydrogen-bond donors (Lipinski definition) is 1. The monoisotopic (exact) mass is 228 g/mol. The van der Waals surface area contributed by atoms with Crippen LogP contribution in [0.2, 0.25) is 0 Å². The Kier molecular flexibility index (Phi) is 4.78. The van der Waals surface area contributed by atoms with Crippen molar-refractivity contribution in [2.75, 3.05) is 6.61 Å². The topological polar surface area (TPSA) is 46.5 Å². The maximum Gasteiger partial charge on any atom is 0.308 e. The lowest BCUT2D eigenvalue weighted by atomic mass is 10.2. The largest absolute Gasteiger partial charge is 0.466 e. The van der Waals surface area contributed by atoms with Crippen molar-refractivity contribution in [1.29, 1.82) is 0 Å². The zero-order valence-corrected chi connectivity index (χ0v) is 9.84. The molecule has 0 saturated carbocycles. The van der Waals surface area contributed by atoms with Crippen LogP contribution >= 0.6 is 11.3 Å². The van der Waals surface area contributed by atoms with Gasteiger partial charge < -0.3 is 9.84 Å². The molecule has 1 atom stereocenters. The Labute approximate surface area is 93.7 Å². The summed E-state index contributed by atoms with van der Waals surface area (Å²) in [6, 6.07) is 3.85. The molecule has 0 saturated heterocycles. The van der Waals surface area contributed by atoms with Gasteiger partial charge in [0.1, 0.15) is 0 Å². The first-order valence-electron chi connectivity index (χ1n) is 5.09. The molecule has 15 heavy (non-hydrogen) atoms. The Hall–Kier alpha value is -0.870. The number of esters is 1. The molecular weight excluding hydrogens is 212 g/mol. The van der Waals surface area contributed by atoms with E-state index in [-0.39, 0.29) is 12.4 Å². The summed E-state index contributed by atoms with van der Waals surface area (Å²) in [4.78, 5) is 13.2. The zero-order valence-electron chi connectivity index (χ0n) is 9.03. The summed E-state index contributed by atoms with van der Waals surface area (Å²) in [5.41, 5.74) is 0. The lowest BCUT2D eigenvalue weighted by molar-refractivity contribution is -0.145. The second-order valence-electron chi connectivity index (χ2n) is 3.18. The number of ether oxygens (including phenoxy) is 1. The van der Waals surface area contributed by atoms with Crippen molar-refractivity contribution < 1.29 is 14.6 Å². The van der Waals surface area contributed by atoms with E-state index < -0.39 is 6.10 Å². The van der Waals surface area contributed by atoms with E-state index in [0.29, 0.717) is 6.61 Å². The van der Waals surface area contributed by atoms with Crippen LogP contribution in [0.5, 0.6) is 0 Å². The van der Waals surface area contributed by atoms with E-state index in [1.54, 1.807) is 18.3 Å². The number of aliphatic hydroxyl groups is 1. The third kappa shape index (κ3) is 3.64. The zero-order chi connectivity index (χ0) is 11.3. The van der Waals surface area contributed by atoms with Crippen molar-refractivity contribution >= 4 is 17.3 Å². The molecule has 1 aromatic heterocycles. The molecule has 0 aliphatic carbocycles. The standard InChI is InChI=1S/C11H16O3S/c1-3-8-5-6-10(15-8)9(12)7-11(13)14-4-2/h5-6,9,12H,3-4,7H2,1-2H3. The number of aryl methyl sites for hydroxylation is 1. The average Bonchev–Trinajstić information content (AvgIpc) is 2.66. The Morgan fingerprint density at radius 2 is 2.27 bits per heavy atom. The van der Waals surface area contributed by atoms with Crippen molar-refractivity contribution in [3.8, 4) is 0 Å². The quantitative estimate of drug-likeness (QED) is 0.787. The summed E-state index contributed by atoms with van der Waals surface area (Å²) in [5, 5.41) is 9.74. The molecule has 0 spiro atoms. The minimum absolute atomic E-state index is 0.0392. The van der Waals surface area contributed by atoms with Gasteiger partial charge in [0, 0.05) is 9.75 Å². The van der Waals surface area contributed by atoms with Gasteiger partial charge in [-0.05, 0) is 25.5 Å². The van der Waals surface area contributed by atoms with Crippen LogP contribution in [-0.2, 0) is 16.0 Å². The highest BCUT2D eigenvalue weighted by atomic mass is 32.1. The molecule has 1 N–H and O–H groups in total. The molecule has 1 heterocycles. The molecule has 0 aliphatic rings. The number of hydrogen-bond acceptors (Lipinski definition) is 4. The molecule has 1 rings (SSSR count). The van der Waals surface area contributed by atoms with Crippen molar-refractivity contribution in [2.24, 2.45) is 0 Å². The molecule has 0 aromatic carbocycles. The van der Waals surface area contributed by atoms with Gasteiger partial charge in [0.2, 0.25) is 0 Å². The van der Waals surface area contributed by atoms with E-state index in [9.17, 15) is 9.90 Å². The fourth-order valence-electron chi connectivity index (χ4n) is 1.24. The van der Waals surface area contributed by atoms with Crippen LogP contribution < -0.4 is 0 Å². The van der Waals surface area contributed by atoms with E-state index in [2.05, 4.69) is 6.92 Å². The van der Waals surface area contributed by atoms with Crippen LogP contribution in [0.15, 0.2) is 12.1 Å². The molecule has 0 amide bonds. The smallest absolute Gasteiger partial charge is 0.308 e. The summed E-state index contributed by atoms with van der Waals surface area (Å²) in [7, 11) is 0. The lowest BCUT2D eigenvalue weighted by Crippen LogP contribution is -2.09. The van der Waals surface area contributed by atoms with Crippen LogP contribution in [0.4, 0.5) is 0 Å². The Morgan fingerprint density at radius 1 is 1.53 bits per heavy atom. The molecule has 1 unspecified atom stereocenters. The van der Waals surface area contributed by atoms with Crippen LogP contribution in [0.3, 0.4) is 0 Å². The molecule has 3 nitrogen and oxygen atoms in total. The van der Waals surface area contributed by atoms with Crippen LogP contribution in [-0.4, -0.2) is 17.7 Å². The first-order valence-corrected chi connectivity index (χ1v) is 5.91. The maximum atomic E-state index is 11.1. The van der Waals surface area contributed by atoms with Crippen molar-refractivity contribution in [3.05, 3.63) is 21.9 Å². The highest BCUT2D eigenvalue weighted by molar-refractivity contribution is 7.12. The summed E-state index contributed by atoms with van der Waals surface area (Å²) in [6.45, 7) is 4.17. The second-order valence-corrected chi connectivity index (χ2v) is 4.38. The summed E-state index contributed by atoms with van der Waals surface area (Å²) >= 11 is 1.54. The molecular formula is C11H16O3S. The lowest BCUT2D eigenvalue weighted by Gasteiger charge is -2.07. The Bertz CT molecular complexity index is 319.